The van der Waals surface area contributed by atoms with Crippen LogP contribution in [0.2, 0.25) is 5.02 Å². The molecule has 0 spiro atoms. The number of anilines is 1. The Balaban J connectivity index is 1.71. The maximum absolute atomic E-state index is 12.5. The SMILES string of the molecule is COc1cc(Cl)c(C)cc1NC(=O)CNC(c1ccccc1)c1cccs1. The van der Waals surface area contributed by atoms with Crippen LogP contribution < -0.4 is 15.4 Å². The molecule has 2 N–H and O–H groups in total. The van der Waals surface area contributed by atoms with E-state index in [1.165, 1.54) is 0 Å². The minimum Gasteiger partial charge on any atom is -0.495 e. The predicted octanol–water partition coefficient (Wildman–Crippen LogP) is 5.04. The number of carbonyl (C=O) groups excluding carboxylic acids is 1. The third-order valence-corrected chi connectivity index (χ3v) is 5.53. The lowest BCUT2D eigenvalue weighted by molar-refractivity contribution is -0.115. The van der Waals surface area contributed by atoms with E-state index in [4.69, 9.17) is 16.3 Å². The van der Waals surface area contributed by atoms with Gasteiger partial charge < -0.3 is 10.1 Å². The van der Waals surface area contributed by atoms with E-state index in [1.807, 2.05) is 42.6 Å². The van der Waals surface area contributed by atoms with Crippen molar-refractivity contribution in [3.63, 3.8) is 0 Å². The second-order valence-electron chi connectivity index (χ2n) is 6.09. The van der Waals surface area contributed by atoms with Crippen LogP contribution in [0, 0.1) is 6.92 Å². The molecule has 1 atom stereocenters. The van der Waals surface area contributed by atoms with Crippen molar-refractivity contribution in [1.82, 2.24) is 5.32 Å². The highest BCUT2D eigenvalue weighted by Gasteiger charge is 2.17. The fraction of sp³-hybridized carbons (Fsp3) is 0.190. The summed E-state index contributed by atoms with van der Waals surface area (Å²) in [6.45, 7) is 2.06. The van der Waals surface area contributed by atoms with Crippen LogP contribution in [0.25, 0.3) is 0 Å². The van der Waals surface area contributed by atoms with Crippen LogP contribution in [0.1, 0.15) is 22.0 Å². The van der Waals surface area contributed by atoms with Gasteiger partial charge in [0.25, 0.3) is 0 Å². The lowest BCUT2D eigenvalue weighted by Crippen LogP contribution is -2.31. The number of hydrogen-bond acceptors (Lipinski definition) is 4. The van der Waals surface area contributed by atoms with Crippen molar-refractivity contribution in [2.75, 3.05) is 19.0 Å². The van der Waals surface area contributed by atoms with Gasteiger partial charge in [-0.2, -0.15) is 0 Å². The molecule has 1 heterocycles. The van der Waals surface area contributed by atoms with Crippen molar-refractivity contribution in [3.05, 3.63) is 81.0 Å². The van der Waals surface area contributed by atoms with Gasteiger partial charge in [-0.05, 0) is 35.6 Å². The topological polar surface area (TPSA) is 50.4 Å². The van der Waals surface area contributed by atoms with Gasteiger partial charge in [0.2, 0.25) is 5.91 Å². The average Bonchev–Trinajstić information content (AvgIpc) is 3.20. The zero-order valence-corrected chi connectivity index (χ0v) is 16.7. The minimum absolute atomic E-state index is 0.0363. The van der Waals surface area contributed by atoms with Crippen LogP contribution in [-0.2, 0) is 4.79 Å². The molecule has 0 saturated carbocycles. The van der Waals surface area contributed by atoms with Gasteiger partial charge in [-0.3, -0.25) is 10.1 Å². The van der Waals surface area contributed by atoms with Crippen molar-refractivity contribution >= 4 is 34.5 Å². The van der Waals surface area contributed by atoms with E-state index in [1.54, 1.807) is 24.5 Å². The summed E-state index contributed by atoms with van der Waals surface area (Å²) in [6, 6.07) is 17.7. The molecule has 0 aliphatic heterocycles. The summed E-state index contributed by atoms with van der Waals surface area (Å²) in [5.41, 5.74) is 2.60. The predicted molar refractivity (Wildman–Crippen MR) is 112 cm³/mol. The molecule has 2 aromatic carbocycles. The Morgan fingerprint density at radius 3 is 2.63 bits per heavy atom. The Labute approximate surface area is 168 Å². The lowest BCUT2D eigenvalue weighted by atomic mass is 10.1. The summed E-state index contributed by atoms with van der Waals surface area (Å²) < 4.78 is 5.32. The third-order valence-electron chi connectivity index (χ3n) is 4.18. The summed E-state index contributed by atoms with van der Waals surface area (Å²) in [7, 11) is 1.55. The molecular weight excluding hydrogens is 380 g/mol. The van der Waals surface area contributed by atoms with Crippen molar-refractivity contribution in [3.8, 4) is 5.75 Å². The molecule has 27 heavy (non-hydrogen) atoms. The quantitative estimate of drug-likeness (QED) is 0.584. The van der Waals surface area contributed by atoms with Gasteiger partial charge in [0.1, 0.15) is 5.75 Å². The highest BCUT2D eigenvalue weighted by molar-refractivity contribution is 7.10. The number of hydrogen-bond donors (Lipinski definition) is 2. The van der Waals surface area contributed by atoms with E-state index >= 15 is 0 Å². The summed E-state index contributed by atoms with van der Waals surface area (Å²) in [5, 5.41) is 8.89. The molecular formula is C21H21ClN2O2S. The van der Waals surface area contributed by atoms with E-state index in [0.717, 1.165) is 16.0 Å². The van der Waals surface area contributed by atoms with Gasteiger partial charge >= 0.3 is 0 Å². The van der Waals surface area contributed by atoms with E-state index in [9.17, 15) is 4.79 Å². The van der Waals surface area contributed by atoms with Crippen LogP contribution in [0.5, 0.6) is 5.75 Å². The lowest BCUT2D eigenvalue weighted by Gasteiger charge is -2.18. The van der Waals surface area contributed by atoms with Crippen molar-refractivity contribution < 1.29 is 9.53 Å². The second kappa shape index (κ2) is 9.04. The van der Waals surface area contributed by atoms with Crippen molar-refractivity contribution in [2.24, 2.45) is 0 Å². The molecule has 0 aliphatic carbocycles. The highest BCUT2D eigenvalue weighted by Crippen LogP contribution is 2.31. The first-order valence-corrected chi connectivity index (χ1v) is 9.80. The van der Waals surface area contributed by atoms with E-state index in [-0.39, 0.29) is 18.5 Å². The fourth-order valence-electron chi connectivity index (χ4n) is 2.80. The first kappa shape index (κ1) is 19.4. The molecule has 1 amide bonds. The third kappa shape index (κ3) is 4.89. The van der Waals surface area contributed by atoms with Crippen LogP contribution >= 0.6 is 22.9 Å². The summed E-state index contributed by atoms with van der Waals surface area (Å²) in [5.74, 6) is 0.393. The molecule has 3 rings (SSSR count). The van der Waals surface area contributed by atoms with Gasteiger partial charge in [0.15, 0.2) is 0 Å². The van der Waals surface area contributed by atoms with Crippen LogP contribution in [0.15, 0.2) is 60.0 Å². The molecule has 0 saturated heterocycles. The van der Waals surface area contributed by atoms with Gasteiger partial charge in [-0.25, -0.2) is 0 Å². The fourth-order valence-corrected chi connectivity index (χ4v) is 3.78. The highest BCUT2D eigenvalue weighted by atomic mass is 35.5. The molecule has 1 unspecified atom stereocenters. The Morgan fingerprint density at radius 1 is 1.19 bits per heavy atom. The Kier molecular flexibility index (Phi) is 6.50. The summed E-state index contributed by atoms with van der Waals surface area (Å²) >= 11 is 7.79. The first-order chi connectivity index (χ1) is 13.1. The van der Waals surface area contributed by atoms with Crippen LogP contribution in [0.4, 0.5) is 5.69 Å². The van der Waals surface area contributed by atoms with Crippen LogP contribution in [-0.4, -0.2) is 19.6 Å². The van der Waals surface area contributed by atoms with Gasteiger partial charge in [0.05, 0.1) is 25.4 Å². The van der Waals surface area contributed by atoms with Gasteiger partial charge in [-0.15, -0.1) is 11.3 Å². The molecule has 3 aromatic rings. The number of amides is 1. The maximum Gasteiger partial charge on any atom is 0.238 e. The molecule has 0 radical (unpaired) electrons. The molecule has 0 aliphatic rings. The maximum atomic E-state index is 12.5. The average molecular weight is 401 g/mol. The molecule has 0 bridgehead atoms. The standard InChI is InChI=1S/C21H21ClN2O2S/c1-14-11-17(18(26-2)12-16(14)22)24-20(25)13-23-21(19-9-6-10-27-19)15-7-4-3-5-8-15/h3-12,21,23H,13H2,1-2H3,(H,24,25). The van der Waals surface area contributed by atoms with Crippen molar-refractivity contribution in [1.29, 1.82) is 0 Å². The number of nitrogens with one attached hydrogen (secondary N) is 2. The number of ether oxygens (including phenoxy) is 1. The smallest absolute Gasteiger partial charge is 0.238 e. The number of benzene rings is 2. The molecule has 0 fully saturated rings. The number of carbonyl (C=O) groups is 1. The van der Waals surface area contributed by atoms with Crippen molar-refractivity contribution in [2.45, 2.75) is 13.0 Å². The zero-order valence-electron chi connectivity index (χ0n) is 15.2. The van der Waals surface area contributed by atoms with Crippen LogP contribution in [0.3, 0.4) is 0 Å². The Bertz CT molecular complexity index is 898. The van der Waals surface area contributed by atoms with E-state index in [2.05, 4.69) is 28.8 Å². The van der Waals surface area contributed by atoms with Gasteiger partial charge in [0, 0.05) is 16.0 Å². The second-order valence-corrected chi connectivity index (χ2v) is 7.48. The number of aryl methyl sites for hydroxylation is 1. The van der Waals surface area contributed by atoms with Gasteiger partial charge in [-0.1, -0.05) is 48.0 Å². The zero-order chi connectivity index (χ0) is 19.2. The summed E-state index contributed by atoms with van der Waals surface area (Å²) in [4.78, 5) is 13.7. The Morgan fingerprint density at radius 2 is 1.96 bits per heavy atom. The molecule has 140 valence electrons. The largest absolute Gasteiger partial charge is 0.495 e. The van der Waals surface area contributed by atoms with E-state index in [0.29, 0.717) is 16.5 Å². The monoisotopic (exact) mass is 400 g/mol. The minimum atomic E-state index is -0.146. The van der Waals surface area contributed by atoms with E-state index < -0.39 is 0 Å². The number of thiophene rings is 1. The number of methoxy groups -OCH3 is 1. The Hall–Kier alpha value is -2.34. The molecule has 1 aromatic heterocycles. The normalized spacial score (nSPS) is 11.8. The summed E-state index contributed by atoms with van der Waals surface area (Å²) in [6.07, 6.45) is 0. The first-order valence-electron chi connectivity index (χ1n) is 8.54. The number of halogens is 1. The number of rotatable bonds is 7. The molecule has 4 nitrogen and oxygen atoms in total. The molecule has 6 heteroatoms.